The number of benzene rings is 1. The average Bonchev–Trinajstić information content (AvgIpc) is 2.45. The number of aryl methyl sites for hydroxylation is 1. The fraction of sp³-hybridized carbons (Fsp3) is 0.562. The van der Waals surface area contributed by atoms with Gasteiger partial charge in [0.25, 0.3) is 5.69 Å². The highest BCUT2D eigenvalue weighted by Gasteiger charge is 2.25. The Morgan fingerprint density at radius 3 is 2.52 bits per heavy atom. The van der Waals surface area contributed by atoms with E-state index in [1.165, 1.54) is 6.07 Å². The Bertz CT molecular complexity index is 585. The molecule has 7 nitrogen and oxygen atoms in total. The van der Waals surface area contributed by atoms with E-state index in [0.29, 0.717) is 11.1 Å². The van der Waals surface area contributed by atoms with Crippen molar-refractivity contribution in [2.75, 3.05) is 6.54 Å². The molecule has 2 atom stereocenters. The summed E-state index contributed by atoms with van der Waals surface area (Å²) in [5, 5.41) is 26.4. The summed E-state index contributed by atoms with van der Waals surface area (Å²) in [5.74, 6) is -0.0000263. The SMILES string of the molecule is Cc1ccc(C(C)NC(=O)NCC(C)(O)C(C)C)cc1[N+](=O)[O-]. The largest absolute Gasteiger partial charge is 0.388 e. The van der Waals surface area contributed by atoms with Crippen LogP contribution in [0.25, 0.3) is 0 Å². The van der Waals surface area contributed by atoms with Crippen LogP contribution in [0, 0.1) is 23.0 Å². The Morgan fingerprint density at radius 1 is 1.39 bits per heavy atom. The molecule has 128 valence electrons. The van der Waals surface area contributed by atoms with Crippen molar-refractivity contribution in [3.8, 4) is 0 Å². The first-order valence-electron chi connectivity index (χ1n) is 7.56. The maximum atomic E-state index is 11.9. The van der Waals surface area contributed by atoms with E-state index in [2.05, 4.69) is 10.6 Å². The Morgan fingerprint density at radius 2 is 2.00 bits per heavy atom. The summed E-state index contributed by atoms with van der Waals surface area (Å²) < 4.78 is 0. The van der Waals surface area contributed by atoms with Gasteiger partial charge in [-0.1, -0.05) is 26.0 Å². The van der Waals surface area contributed by atoms with Gasteiger partial charge in [-0.05, 0) is 32.3 Å². The fourth-order valence-electron chi connectivity index (χ4n) is 1.89. The zero-order valence-electron chi connectivity index (χ0n) is 14.2. The van der Waals surface area contributed by atoms with Crippen LogP contribution in [0.15, 0.2) is 18.2 Å². The van der Waals surface area contributed by atoms with Gasteiger partial charge in [-0.25, -0.2) is 4.79 Å². The number of nitrogens with zero attached hydrogens (tertiary/aromatic N) is 1. The Kier molecular flexibility index (Phi) is 6.09. The molecule has 1 aromatic rings. The summed E-state index contributed by atoms with van der Waals surface area (Å²) in [5.41, 5.74) is 0.249. The lowest BCUT2D eigenvalue weighted by Gasteiger charge is -2.28. The second-order valence-corrected chi connectivity index (χ2v) is 6.36. The van der Waals surface area contributed by atoms with Crippen molar-refractivity contribution in [2.24, 2.45) is 5.92 Å². The summed E-state index contributed by atoms with van der Waals surface area (Å²) in [4.78, 5) is 22.4. The third-order valence-corrected chi connectivity index (χ3v) is 4.13. The number of nitro groups is 1. The topological polar surface area (TPSA) is 104 Å². The van der Waals surface area contributed by atoms with Gasteiger partial charge in [0, 0.05) is 18.2 Å². The molecule has 0 saturated carbocycles. The highest BCUT2D eigenvalue weighted by Crippen LogP contribution is 2.23. The van der Waals surface area contributed by atoms with E-state index >= 15 is 0 Å². The van der Waals surface area contributed by atoms with Gasteiger partial charge in [-0.2, -0.15) is 0 Å². The second kappa shape index (κ2) is 7.41. The van der Waals surface area contributed by atoms with E-state index in [-0.39, 0.29) is 18.2 Å². The maximum absolute atomic E-state index is 11.9. The fourth-order valence-corrected chi connectivity index (χ4v) is 1.89. The first-order chi connectivity index (χ1) is 10.5. The molecule has 23 heavy (non-hydrogen) atoms. The van der Waals surface area contributed by atoms with Crippen LogP contribution < -0.4 is 10.6 Å². The molecule has 0 fully saturated rings. The highest BCUT2D eigenvalue weighted by molar-refractivity contribution is 5.74. The van der Waals surface area contributed by atoms with Crippen LogP contribution in [0.3, 0.4) is 0 Å². The minimum absolute atomic E-state index is 0.0000263. The first kappa shape index (κ1) is 18.9. The molecular formula is C16H25N3O4. The van der Waals surface area contributed by atoms with Crippen molar-refractivity contribution in [3.63, 3.8) is 0 Å². The van der Waals surface area contributed by atoms with E-state index in [9.17, 15) is 20.0 Å². The molecule has 0 radical (unpaired) electrons. The lowest BCUT2D eigenvalue weighted by Crippen LogP contribution is -2.47. The van der Waals surface area contributed by atoms with Gasteiger partial charge in [-0.3, -0.25) is 10.1 Å². The number of urea groups is 1. The number of aliphatic hydroxyl groups is 1. The minimum atomic E-state index is -0.997. The predicted molar refractivity (Wildman–Crippen MR) is 88.2 cm³/mol. The quantitative estimate of drug-likeness (QED) is 0.553. The van der Waals surface area contributed by atoms with Gasteiger partial charge < -0.3 is 15.7 Å². The molecule has 7 heteroatoms. The van der Waals surface area contributed by atoms with Gasteiger partial charge in [-0.15, -0.1) is 0 Å². The second-order valence-electron chi connectivity index (χ2n) is 6.36. The van der Waals surface area contributed by atoms with Gasteiger partial charge in [0.05, 0.1) is 16.6 Å². The smallest absolute Gasteiger partial charge is 0.315 e. The minimum Gasteiger partial charge on any atom is -0.388 e. The number of carbonyl (C=O) groups is 1. The van der Waals surface area contributed by atoms with Crippen molar-refractivity contribution < 1.29 is 14.8 Å². The van der Waals surface area contributed by atoms with E-state index in [0.717, 1.165) is 0 Å². The molecule has 0 saturated heterocycles. The monoisotopic (exact) mass is 323 g/mol. The van der Waals surface area contributed by atoms with Crippen LogP contribution in [0.5, 0.6) is 0 Å². The molecule has 3 N–H and O–H groups in total. The van der Waals surface area contributed by atoms with Crippen LogP contribution >= 0.6 is 0 Å². The molecule has 1 rings (SSSR count). The number of hydrogen-bond acceptors (Lipinski definition) is 4. The van der Waals surface area contributed by atoms with Crippen LogP contribution in [-0.4, -0.2) is 28.2 Å². The molecule has 2 amide bonds. The Hall–Kier alpha value is -2.15. The molecule has 0 heterocycles. The zero-order chi connectivity index (χ0) is 17.8. The molecule has 0 aliphatic rings. The van der Waals surface area contributed by atoms with Crippen molar-refractivity contribution >= 4 is 11.7 Å². The number of carbonyl (C=O) groups excluding carboxylic acids is 1. The summed E-state index contributed by atoms with van der Waals surface area (Å²) in [6.45, 7) is 8.93. The number of rotatable bonds is 6. The van der Waals surface area contributed by atoms with Crippen LogP contribution in [0.4, 0.5) is 10.5 Å². The molecule has 0 aliphatic carbocycles. The summed E-state index contributed by atoms with van der Waals surface area (Å²) >= 11 is 0. The van der Waals surface area contributed by atoms with Crippen LogP contribution in [0.1, 0.15) is 44.9 Å². The summed E-state index contributed by atoms with van der Waals surface area (Å²) in [7, 11) is 0. The van der Waals surface area contributed by atoms with Gasteiger partial charge in [0.1, 0.15) is 0 Å². The van der Waals surface area contributed by atoms with E-state index in [4.69, 9.17) is 0 Å². The zero-order valence-corrected chi connectivity index (χ0v) is 14.2. The summed E-state index contributed by atoms with van der Waals surface area (Å²) in [6, 6.07) is 4.05. The third-order valence-electron chi connectivity index (χ3n) is 4.13. The van der Waals surface area contributed by atoms with Crippen LogP contribution in [-0.2, 0) is 0 Å². The molecular weight excluding hydrogens is 298 g/mol. The van der Waals surface area contributed by atoms with Crippen LogP contribution in [0.2, 0.25) is 0 Å². The highest BCUT2D eigenvalue weighted by atomic mass is 16.6. The molecule has 0 spiro atoms. The number of nitrogens with one attached hydrogen (secondary N) is 2. The number of nitro benzene ring substituents is 1. The van der Waals surface area contributed by atoms with Crippen molar-refractivity contribution in [2.45, 2.75) is 46.3 Å². The maximum Gasteiger partial charge on any atom is 0.315 e. The van der Waals surface area contributed by atoms with E-state index < -0.39 is 22.6 Å². The third kappa shape index (κ3) is 5.21. The molecule has 0 aromatic heterocycles. The lowest BCUT2D eigenvalue weighted by molar-refractivity contribution is -0.385. The van der Waals surface area contributed by atoms with E-state index in [1.54, 1.807) is 32.9 Å². The molecule has 2 unspecified atom stereocenters. The first-order valence-corrected chi connectivity index (χ1v) is 7.56. The van der Waals surface area contributed by atoms with Crippen molar-refractivity contribution in [1.82, 2.24) is 10.6 Å². The summed E-state index contributed by atoms with van der Waals surface area (Å²) in [6.07, 6.45) is 0. The van der Waals surface area contributed by atoms with Crippen molar-refractivity contribution in [1.29, 1.82) is 0 Å². The standard InChI is InChI=1S/C16H25N3O4/c1-10(2)16(5,21)9-17-15(20)18-12(4)13-7-6-11(3)14(8-13)19(22)23/h6-8,10,12,21H,9H2,1-5H3,(H2,17,18,20). The van der Waals surface area contributed by atoms with E-state index in [1.807, 2.05) is 13.8 Å². The number of hydrogen-bond donors (Lipinski definition) is 3. The van der Waals surface area contributed by atoms with Gasteiger partial charge in [0.15, 0.2) is 0 Å². The van der Waals surface area contributed by atoms with Gasteiger partial charge in [0.2, 0.25) is 0 Å². The molecule has 0 aliphatic heterocycles. The van der Waals surface area contributed by atoms with Gasteiger partial charge >= 0.3 is 6.03 Å². The lowest BCUT2D eigenvalue weighted by atomic mass is 9.93. The normalized spacial score (nSPS) is 14.9. The molecule has 0 bridgehead atoms. The number of amides is 2. The van der Waals surface area contributed by atoms with Crippen molar-refractivity contribution in [3.05, 3.63) is 39.4 Å². The average molecular weight is 323 g/mol. The molecule has 1 aromatic carbocycles. The predicted octanol–water partition coefficient (Wildman–Crippen LogP) is 2.67. The Labute approximate surface area is 136 Å². The Balaban J connectivity index is 2.69.